The number of benzene rings is 1. The van der Waals surface area contributed by atoms with Gasteiger partial charge < -0.3 is 10.3 Å². The molecular weight excluding hydrogens is 376 g/mol. The highest BCUT2D eigenvalue weighted by atomic mass is 16.1. The summed E-state index contributed by atoms with van der Waals surface area (Å²) in [5.41, 5.74) is 9.66. The summed E-state index contributed by atoms with van der Waals surface area (Å²) < 4.78 is 3.88. The molecule has 2 N–H and O–H groups in total. The molecule has 0 amide bonds. The summed E-state index contributed by atoms with van der Waals surface area (Å²) in [6, 6.07) is 8.41. The number of pyridine rings is 1. The Morgan fingerprint density at radius 1 is 1.10 bits per heavy atom. The lowest BCUT2D eigenvalue weighted by atomic mass is 9.94. The van der Waals surface area contributed by atoms with Gasteiger partial charge in [0.2, 0.25) is 0 Å². The zero-order valence-corrected chi connectivity index (χ0v) is 17.4. The average molecular weight is 403 g/mol. The highest BCUT2D eigenvalue weighted by molar-refractivity contribution is 5.88. The SMILES string of the molecule is Cc1nn(Cc2cc3cccc(C)c3c(=O)n2C2CCCCC2)c2ncnc(N)c12. The Bertz CT molecular complexity index is 1310. The Hall–Kier alpha value is -3.22. The van der Waals surface area contributed by atoms with E-state index in [1.807, 2.05) is 41.3 Å². The van der Waals surface area contributed by atoms with Crippen LogP contribution in [0.3, 0.4) is 0 Å². The highest BCUT2D eigenvalue weighted by Gasteiger charge is 2.22. The van der Waals surface area contributed by atoms with Gasteiger partial charge >= 0.3 is 0 Å². The third-order valence-electron chi connectivity index (χ3n) is 6.35. The van der Waals surface area contributed by atoms with Crippen molar-refractivity contribution in [3.8, 4) is 0 Å². The Balaban J connectivity index is 1.72. The lowest BCUT2D eigenvalue weighted by Gasteiger charge is -2.27. The van der Waals surface area contributed by atoms with Gasteiger partial charge in [-0.1, -0.05) is 37.5 Å². The monoisotopic (exact) mass is 402 g/mol. The molecular formula is C23H26N6O. The van der Waals surface area contributed by atoms with Crippen LogP contribution in [0.5, 0.6) is 0 Å². The molecule has 7 nitrogen and oxygen atoms in total. The Labute approximate surface area is 174 Å². The molecule has 0 spiro atoms. The Morgan fingerprint density at radius 2 is 1.90 bits per heavy atom. The first-order valence-corrected chi connectivity index (χ1v) is 10.6. The van der Waals surface area contributed by atoms with E-state index >= 15 is 0 Å². The maximum absolute atomic E-state index is 13.7. The summed E-state index contributed by atoms with van der Waals surface area (Å²) >= 11 is 0. The molecule has 0 radical (unpaired) electrons. The first-order valence-electron chi connectivity index (χ1n) is 10.6. The molecule has 0 unspecified atom stereocenters. The number of nitrogens with zero attached hydrogens (tertiary/aromatic N) is 5. The number of hydrogen-bond donors (Lipinski definition) is 1. The fourth-order valence-electron chi connectivity index (χ4n) is 4.94. The number of aryl methyl sites for hydroxylation is 2. The van der Waals surface area contributed by atoms with Crippen molar-refractivity contribution in [2.75, 3.05) is 5.73 Å². The molecule has 1 aromatic carbocycles. The predicted molar refractivity (Wildman–Crippen MR) is 119 cm³/mol. The number of rotatable bonds is 3. The van der Waals surface area contributed by atoms with Crippen LogP contribution < -0.4 is 11.3 Å². The van der Waals surface area contributed by atoms with Crippen molar-refractivity contribution in [1.82, 2.24) is 24.3 Å². The van der Waals surface area contributed by atoms with E-state index in [0.29, 0.717) is 18.0 Å². The van der Waals surface area contributed by atoms with Crippen LogP contribution in [0.1, 0.15) is 55.1 Å². The van der Waals surface area contributed by atoms with Crippen molar-refractivity contribution in [3.05, 3.63) is 57.9 Å². The molecule has 3 aromatic heterocycles. The number of nitrogens with two attached hydrogens (primary N) is 1. The van der Waals surface area contributed by atoms with Crippen LogP contribution in [0.2, 0.25) is 0 Å². The molecule has 3 heterocycles. The van der Waals surface area contributed by atoms with Crippen molar-refractivity contribution in [2.24, 2.45) is 0 Å². The van der Waals surface area contributed by atoms with Gasteiger partial charge in [0.15, 0.2) is 5.65 Å². The van der Waals surface area contributed by atoms with Gasteiger partial charge in [0, 0.05) is 11.7 Å². The lowest BCUT2D eigenvalue weighted by Crippen LogP contribution is -2.30. The van der Waals surface area contributed by atoms with Crippen LogP contribution in [0.15, 0.2) is 35.4 Å². The van der Waals surface area contributed by atoms with E-state index < -0.39 is 0 Å². The van der Waals surface area contributed by atoms with Crippen molar-refractivity contribution < 1.29 is 0 Å². The molecule has 1 aliphatic rings. The first-order chi connectivity index (χ1) is 14.5. The number of nitrogen functional groups attached to an aromatic ring is 1. The number of hydrogen-bond acceptors (Lipinski definition) is 5. The van der Waals surface area contributed by atoms with E-state index in [4.69, 9.17) is 5.73 Å². The van der Waals surface area contributed by atoms with Crippen LogP contribution in [0.4, 0.5) is 5.82 Å². The fourth-order valence-corrected chi connectivity index (χ4v) is 4.94. The largest absolute Gasteiger partial charge is 0.383 e. The number of anilines is 1. The summed E-state index contributed by atoms with van der Waals surface area (Å²) in [6.45, 7) is 4.39. The zero-order chi connectivity index (χ0) is 20.8. The zero-order valence-electron chi connectivity index (χ0n) is 17.4. The molecule has 0 atom stereocenters. The van der Waals surface area contributed by atoms with Gasteiger partial charge in [-0.2, -0.15) is 5.10 Å². The molecule has 0 saturated heterocycles. The van der Waals surface area contributed by atoms with Gasteiger partial charge in [0.25, 0.3) is 5.56 Å². The van der Waals surface area contributed by atoms with E-state index in [0.717, 1.165) is 58.8 Å². The first kappa shape index (κ1) is 18.8. The third-order valence-corrected chi connectivity index (χ3v) is 6.35. The molecule has 7 heteroatoms. The number of fused-ring (bicyclic) bond motifs is 2. The molecule has 154 valence electrons. The topological polar surface area (TPSA) is 91.6 Å². The van der Waals surface area contributed by atoms with Crippen LogP contribution in [0, 0.1) is 13.8 Å². The molecule has 4 aromatic rings. The standard InChI is InChI=1S/C23H26N6O/c1-14-7-6-8-16-11-18(29(23(30)19(14)16)17-9-4-3-5-10-17)12-28-22-20(15(2)27-28)21(24)25-13-26-22/h6-8,11,13,17H,3-5,9-10,12H2,1-2H3,(H2,24,25,26). The third kappa shape index (κ3) is 2.96. The van der Waals surface area contributed by atoms with Crippen LogP contribution in [0.25, 0.3) is 21.8 Å². The van der Waals surface area contributed by atoms with Crippen LogP contribution >= 0.6 is 0 Å². The van der Waals surface area contributed by atoms with Crippen molar-refractivity contribution in [1.29, 1.82) is 0 Å². The van der Waals surface area contributed by atoms with Crippen LogP contribution in [-0.4, -0.2) is 24.3 Å². The molecule has 0 bridgehead atoms. The summed E-state index contributed by atoms with van der Waals surface area (Å²) in [6.07, 6.45) is 7.11. The maximum atomic E-state index is 13.7. The second-order valence-electron chi connectivity index (χ2n) is 8.34. The summed E-state index contributed by atoms with van der Waals surface area (Å²) in [7, 11) is 0. The second-order valence-corrected chi connectivity index (χ2v) is 8.34. The summed E-state index contributed by atoms with van der Waals surface area (Å²) in [5, 5.41) is 7.25. The minimum atomic E-state index is 0.106. The Morgan fingerprint density at radius 3 is 2.70 bits per heavy atom. The molecule has 1 fully saturated rings. The van der Waals surface area contributed by atoms with Gasteiger partial charge in [0.1, 0.15) is 12.1 Å². The van der Waals surface area contributed by atoms with E-state index in [9.17, 15) is 4.79 Å². The number of aromatic nitrogens is 5. The van der Waals surface area contributed by atoms with E-state index in [1.165, 1.54) is 12.7 Å². The van der Waals surface area contributed by atoms with Crippen molar-refractivity contribution in [2.45, 2.75) is 58.5 Å². The minimum Gasteiger partial charge on any atom is -0.383 e. The van der Waals surface area contributed by atoms with Gasteiger partial charge in [-0.05, 0) is 43.7 Å². The molecule has 30 heavy (non-hydrogen) atoms. The highest BCUT2D eigenvalue weighted by Crippen LogP contribution is 2.30. The smallest absolute Gasteiger partial charge is 0.259 e. The van der Waals surface area contributed by atoms with E-state index in [-0.39, 0.29) is 11.6 Å². The normalized spacial score (nSPS) is 15.3. The minimum absolute atomic E-state index is 0.106. The van der Waals surface area contributed by atoms with Crippen molar-refractivity contribution in [3.63, 3.8) is 0 Å². The van der Waals surface area contributed by atoms with Gasteiger partial charge in [-0.15, -0.1) is 0 Å². The molecule has 5 rings (SSSR count). The van der Waals surface area contributed by atoms with E-state index in [2.05, 4.69) is 21.1 Å². The average Bonchev–Trinajstić information content (AvgIpc) is 3.05. The van der Waals surface area contributed by atoms with Crippen LogP contribution in [-0.2, 0) is 6.54 Å². The predicted octanol–water partition coefficient (Wildman–Crippen LogP) is 3.89. The van der Waals surface area contributed by atoms with Gasteiger partial charge in [0.05, 0.1) is 23.0 Å². The Kier molecular flexibility index (Phi) is 4.53. The molecule has 1 aliphatic carbocycles. The quantitative estimate of drug-likeness (QED) is 0.561. The lowest BCUT2D eigenvalue weighted by molar-refractivity contribution is 0.338. The maximum Gasteiger partial charge on any atom is 0.259 e. The second kappa shape index (κ2) is 7.23. The molecule has 0 aliphatic heterocycles. The van der Waals surface area contributed by atoms with Crippen molar-refractivity contribution >= 4 is 27.6 Å². The summed E-state index contributed by atoms with van der Waals surface area (Å²) in [4.78, 5) is 22.2. The molecule has 1 saturated carbocycles. The van der Waals surface area contributed by atoms with Gasteiger partial charge in [-0.25, -0.2) is 14.6 Å². The summed E-state index contributed by atoms with van der Waals surface area (Å²) in [5.74, 6) is 0.433. The van der Waals surface area contributed by atoms with E-state index in [1.54, 1.807) is 0 Å². The van der Waals surface area contributed by atoms with Gasteiger partial charge in [-0.3, -0.25) is 4.79 Å². The fraction of sp³-hybridized carbons (Fsp3) is 0.391.